The molecule has 1 amide bonds. The fourth-order valence-electron chi connectivity index (χ4n) is 2.61. The average Bonchev–Trinajstić information content (AvgIpc) is 2.42. The largest absolute Gasteiger partial charge is 0.464 e. The molecule has 0 N–H and O–H groups in total. The van der Waals surface area contributed by atoms with E-state index in [9.17, 15) is 9.59 Å². The van der Waals surface area contributed by atoms with Gasteiger partial charge in [0.05, 0.1) is 6.61 Å². The van der Waals surface area contributed by atoms with Crippen molar-refractivity contribution in [2.75, 3.05) is 11.5 Å². The van der Waals surface area contributed by atoms with Crippen LogP contribution >= 0.6 is 0 Å². The molecule has 1 heterocycles. The molecule has 1 aliphatic rings. The van der Waals surface area contributed by atoms with Crippen molar-refractivity contribution >= 4 is 17.6 Å². The molecule has 0 radical (unpaired) electrons. The highest BCUT2D eigenvalue weighted by atomic mass is 16.5. The van der Waals surface area contributed by atoms with Crippen LogP contribution in [-0.4, -0.2) is 24.5 Å². The number of esters is 1. The molecule has 2 rings (SSSR count). The van der Waals surface area contributed by atoms with Gasteiger partial charge in [-0.15, -0.1) is 0 Å². The van der Waals surface area contributed by atoms with Gasteiger partial charge in [-0.05, 0) is 50.8 Å². The molecule has 20 heavy (non-hydrogen) atoms. The molecule has 0 aromatic heterocycles. The number of amides is 1. The number of piperidine rings is 1. The second-order valence-corrected chi connectivity index (χ2v) is 5.21. The molecule has 4 nitrogen and oxygen atoms in total. The van der Waals surface area contributed by atoms with Gasteiger partial charge in [0.25, 0.3) is 0 Å². The lowest BCUT2D eigenvalue weighted by Gasteiger charge is -2.35. The van der Waals surface area contributed by atoms with Gasteiger partial charge in [-0.25, -0.2) is 4.79 Å². The third-order valence-electron chi connectivity index (χ3n) is 3.63. The molecule has 0 bridgehead atoms. The maximum Gasteiger partial charge on any atom is 0.329 e. The van der Waals surface area contributed by atoms with Crippen molar-refractivity contribution in [1.29, 1.82) is 0 Å². The lowest BCUT2D eigenvalue weighted by atomic mass is 9.98. The van der Waals surface area contributed by atoms with Crippen LogP contribution in [0.25, 0.3) is 0 Å². The summed E-state index contributed by atoms with van der Waals surface area (Å²) in [7, 11) is 0. The number of hydrogen-bond acceptors (Lipinski definition) is 3. The lowest BCUT2D eigenvalue weighted by molar-refractivity contribution is -0.146. The zero-order valence-electron chi connectivity index (χ0n) is 12.3. The van der Waals surface area contributed by atoms with Crippen LogP contribution in [0.5, 0.6) is 0 Å². The van der Waals surface area contributed by atoms with Crippen LogP contribution < -0.4 is 4.90 Å². The Kier molecular flexibility index (Phi) is 4.42. The van der Waals surface area contributed by atoms with E-state index in [0.29, 0.717) is 19.4 Å². The van der Waals surface area contributed by atoms with E-state index in [2.05, 4.69) is 0 Å². The van der Waals surface area contributed by atoms with Crippen molar-refractivity contribution in [3.8, 4) is 0 Å². The Morgan fingerprint density at radius 2 is 2.15 bits per heavy atom. The molecule has 1 fully saturated rings. The molecule has 4 heteroatoms. The van der Waals surface area contributed by atoms with Crippen molar-refractivity contribution in [1.82, 2.24) is 0 Å². The Balaban J connectivity index is 2.39. The van der Waals surface area contributed by atoms with E-state index in [0.717, 1.165) is 23.2 Å². The first-order chi connectivity index (χ1) is 9.54. The number of aryl methyl sites for hydroxylation is 2. The Hall–Kier alpha value is -1.84. The maximum absolute atomic E-state index is 12.3. The van der Waals surface area contributed by atoms with E-state index in [1.807, 2.05) is 32.0 Å². The maximum atomic E-state index is 12.3. The van der Waals surface area contributed by atoms with E-state index in [1.54, 1.807) is 11.8 Å². The summed E-state index contributed by atoms with van der Waals surface area (Å²) in [6.07, 6.45) is 1.89. The zero-order valence-corrected chi connectivity index (χ0v) is 12.3. The van der Waals surface area contributed by atoms with Crippen LogP contribution in [0.2, 0.25) is 0 Å². The van der Waals surface area contributed by atoms with Gasteiger partial charge in [-0.3, -0.25) is 9.69 Å². The van der Waals surface area contributed by atoms with Crippen LogP contribution in [-0.2, 0) is 14.3 Å². The summed E-state index contributed by atoms with van der Waals surface area (Å²) in [5.41, 5.74) is 2.90. The minimum absolute atomic E-state index is 0.00278. The van der Waals surface area contributed by atoms with Crippen LogP contribution in [0.3, 0.4) is 0 Å². The normalized spacial score (nSPS) is 19.1. The van der Waals surface area contributed by atoms with Crippen LogP contribution in [0.4, 0.5) is 5.69 Å². The van der Waals surface area contributed by atoms with Gasteiger partial charge >= 0.3 is 5.97 Å². The smallest absolute Gasteiger partial charge is 0.329 e. The minimum atomic E-state index is -0.489. The summed E-state index contributed by atoms with van der Waals surface area (Å²) < 4.78 is 5.12. The molecule has 1 unspecified atom stereocenters. The summed E-state index contributed by atoms with van der Waals surface area (Å²) in [6.45, 7) is 6.06. The highest BCUT2D eigenvalue weighted by Gasteiger charge is 2.35. The van der Waals surface area contributed by atoms with Crippen molar-refractivity contribution in [2.45, 2.75) is 46.1 Å². The molecule has 1 aliphatic heterocycles. The quantitative estimate of drug-likeness (QED) is 0.797. The number of carbonyl (C=O) groups excluding carboxylic acids is 2. The molecular weight excluding hydrogens is 254 g/mol. The van der Waals surface area contributed by atoms with E-state index in [4.69, 9.17) is 4.74 Å². The van der Waals surface area contributed by atoms with Crippen LogP contribution in [0.15, 0.2) is 18.2 Å². The topological polar surface area (TPSA) is 46.6 Å². The fourth-order valence-corrected chi connectivity index (χ4v) is 2.61. The number of nitrogens with zero attached hydrogens (tertiary/aromatic N) is 1. The number of ether oxygens (including phenoxy) is 1. The predicted octanol–water partition coefficient (Wildman–Crippen LogP) is 2.75. The highest BCUT2D eigenvalue weighted by Crippen LogP contribution is 2.30. The molecule has 1 atom stereocenters. The number of benzene rings is 1. The number of carbonyl (C=O) groups is 2. The third-order valence-corrected chi connectivity index (χ3v) is 3.63. The second kappa shape index (κ2) is 6.07. The summed E-state index contributed by atoms with van der Waals surface area (Å²) >= 11 is 0. The Morgan fingerprint density at radius 3 is 2.85 bits per heavy atom. The summed E-state index contributed by atoms with van der Waals surface area (Å²) in [5, 5.41) is 0. The van der Waals surface area contributed by atoms with Crippen molar-refractivity contribution in [2.24, 2.45) is 0 Å². The second-order valence-electron chi connectivity index (χ2n) is 5.21. The van der Waals surface area contributed by atoms with Gasteiger partial charge in [-0.1, -0.05) is 12.1 Å². The summed E-state index contributed by atoms with van der Waals surface area (Å²) in [4.78, 5) is 26.0. The number of hydrogen-bond donors (Lipinski definition) is 0. The monoisotopic (exact) mass is 275 g/mol. The van der Waals surface area contributed by atoms with Gasteiger partial charge in [0.2, 0.25) is 5.91 Å². The average molecular weight is 275 g/mol. The van der Waals surface area contributed by atoms with Crippen LogP contribution in [0.1, 0.15) is 37.3 Å². The van der Waals surface area contributed by atoms with Crippen molar-refractivity contribution in [3.05, 3.63) is 29.3 Å². The first-order valence-electron chi connectivity index (χ1n) is 7.10. The van der Waals surface area contributed by atoms with Gasteiger partial charge in [-0.2, -0.15) is 0 Å². The van der Waals surface area contributed by atoms with E-state index < -0.39 is 6.04 Å². The Bertz CT molecular complexity index is 524. The molecule has 0 spiro atoms. The molecule has 1 aromatic carbocycles. The Morgan fingerprint density at radius 1 is 1.40 bits per heavy atom. The van der Waals surface area contributed by atoms with Crippen LogP contribution in [0, 0.1) is 13.8 Å². The third kappa shape index (κ3) is 2.84. The molecule has 1 saturated heterocycles. The van der Waals surface area contributed by atoms with Gasteiger partial charge < -0.3 is 4.74 Å². The highest BCUT2D eigenvalue weighted by molar-refractivity contribution is 6.01. The van der Waals surface area contributed by atoms with E-state index in [1.165, 1.54) is 0 Å². The number of anilines is 1. The van der Waals surface area contributed by atoms with Crippen molar-refractivity contribution in [3.63, 3.8) is 0 Å². The van der Waals surface area contributed by atoms with Crippen molar-refractivity contribution < 1.29 is 14.3 Å². The standard InChI is InChI=1S/C16H21NO3/c1-4-20-16(19)13-6-5-7-15(18)17(13)14-10-11(2)8-9-12(14)3/h8-10,13H,4-7H2,1-3H3. The lowest BCUT2D eigenvalue weighted by Crippen LogP contribution is -2.49. The SMILES string of the molecule is CCOC(=O)C1CCCC(=O)N1c1cc(C)ccc1C. The molecule has 1 aromatic rings. The van der Waals surface area contributed by atoms with Gasteiger partial charge in [0.1, 0.15) is 6.04 Å². The van der Waals surface area contributed by atoms with E-state index in [-0.39, 0.29) is 11.9 Å². The molecular formula is C16H21NO3. The van der Waals surface area contributed by atoms with Gasteiger partial charge in [0.15, 0.2) is 0 Å². The molecule has 108 valence electrons. The predicted molar refractivity (Wildman–Crippen MR) is 77.7 cm³/mol. The Labute approximate surface area is 119 Å². The molecule has 0 saturated carbocycles. The van der Waals surface area contributed by atoms with Gasteiger partial charge in [0, 0.05) is 12.1 Å². The minimum Gasteiger partial charge on any atom is -0.464 e. The summed E-state index contributed by atoms with van der Waals surface area (Å²) in [6, 6.07) is 5.46. The number of rotatable bonds is 3. The zero-order chi connectivity index (χ0) is 14.7. The first kappa shape index (κ1) is 14.6. The van der Waals surface area contributed by atoms with E-state index >= 15 is 0 Å². The molecule has 0 aliphatic carbocycles. The summed E-state index contributed by atoms with van der Waals surface area (Å²) in [5.74, 6) is -0.301. The fraction of sp³-hybridized carbons (Fsp3) is 0.500. The first-order valence-corrected chi connectivity index (χ1v) is 7.10.